The summed E-state index contributed by atoms with van der Waals surface area (Å²) in [4.78, 5) is 27.4. The van der Waals surface area contributed by atoms with E-state index in [1.165, 1.54) is 4.88 Å². The number of carbonyl (C=O) groups excluding carboxylic acids is 1. The highest BCUT2D eigenvalue weighted by molar-refractivity contribution is 7.15. The van der Waals surface area contributed by atoms with Crippen molar-refractivity contribution in [1.29, 1.82) is 0 Å². The SMILES string of the molecule is CCc1cnc(-c2cc(O[C@H]3CCOC3)cc(C(=O)NC(C)c3cnc(C)cn3)c2)s1. The number of nitrogens with zero attached hydrogens (tertiary/aromatic N) is 3. The van der Waals surface area contributed by atoms with Gasteiger partial charge in [0.2, 0.25) is 0 Å². The maximum Gasteiger partial charge on any atom is 0.251 e. The Balaban J connectivity index is 1.60. The van der Waals surface area contributed by atoms with Gasteiger partial charge in [0.1, 0.15) is 16.9 Å². The molecule has 0 bridgehead atoms. The van der Waals surface area contributed by atoms with Crippen molar-refractivity contribution in [2.75, 3.05) is 13.2 Å². The molecular formula is C23H26N4O3S. The Labute approximate surface area is 185 Å². The van der Waals surface area contributed by atoms with Crippen LogP contribution >= 0.6 is 11.3 Å². The van der Waals surface area contributed by atoms with E-state index in [-0.39, 0.29) is 18.1 Å². The lowest BCUT2D eigenvalue weighted by molar-refractivity contribution is 0.0938. The predicted octanol–water partition coefficient (Wildman–Crippen LogP) is 4.13. The van der Waals surface area contributed by atoms with Gasteiger partial charge in [-0.1, -0.05) is 6.92 Å². The van der Waals surface area contributed by atoms with Crippen LogP contribution in [0, 0.1) is 6.92 Å². The lowest BCUT2D eigenvalue weighted by Gasteiger charge is -2.16. The Kier molecular flexibility index (Phi) is 6.58. The van der Waals surface area contributed by atoms with Gasteiger partial charge >= 0.3 is 0 Å². The van der Waals surface area contributed by atoms with E-state index >= 15 is 0 Å². The number of benzene rings is 1. The fraction of sp³-hybridized carbons (Fsp3) is 0.391. The monoisotopic (exact) mass is 438 g/mol. The standard InChI is InChI=1S/C23H26N4O3S/c1-4-20-11-26-23(31-20)17-7-16(8-19(9-17)30-18-5-6-29-13-18)22(28)27-15(3)21-12-24-14(2)10-25-21/h7-12,15,18H,4-6,13H2,1-3H3,(H,27,28)/t15?,18-/m0/s1. The van der Waals surface area contributed by atoms with Crippen molar-refractivity contribution in [1.82, 2.24) is 20.3 Å². The number of amides is 1. The number of ether oxygens (including phenoxy) is 2. The van der Waals surface area contributed by atoms with Gasteiger partial charge in [-0.25, -0.2) is 4.98 Å². The number of nitrogens with one attached hydrogen (secondary N) is 1. The van der Waals surface area contributed by atoms with Crippen molar-refractivity contribution < 1.29 is 14.3 Å². The van der Waals surface area contributed by atoms with Gasteiger partial charge in [-0.05, 0) is 38.5 Å². The number of hydrogen-bond acceptors (Lipinski definition) is 7. The number of thiazole rings is 1. The van der Waals surface area contributed by atoms with Gasteiger partial charge in [0.15, 0.2) is 0 Å². The summed E-state index contributed by atoms with van der Waals surface area (Å²) in [5.74, 6) is 0.450. The molecule has 3 heterocycles. The normalized spacial score (nSPS) is 16.8. The zero-order valence-electron chi connectivity index (χ0n) is 17.9. The second-order valence-corrected chi connectivity index (χ2v) is 8.73. The third kappa shape index (κ3) is 5.26. The molecule has 1 amide bonds. The molecule has 1 saturated heterocycles. The van der Waals surface area contributed by atoms with Crippen LogP contribution in [0.2, 0.25) is 0 Å². The van der Waals surface area contributed by atoms with E-state index in [0.29, 0.717) is 30.2 Å². The number of hydrogen-bond donors (Lipinski definition) is 1. The first kappa shape index (κ1) is 21.4. The summed E-state index contributed by atoms with van der Waals surface area (Å²) in [7, 11) is 0. The van der Waals surface area contributed by atoms with Gasteiger partial charge < -0.3 is 14.8 Å². The summed E-state index contributed by atoms with van der Waals surface area (Å²) in [6, 6.07) is 5.31. The van der Waals surface area contributed by atoms with Crippen LogP contribution in [0.4, 0.5) is 0 Å². The molecule has 1 fully saturated rings. The van der Waals surface area contributed by atoms with E-state index in [9.17, 15) is 4.79 Å². The quantitative estimate of drug-likeness (QED) is 0.597. The van der Waals surface area contributed by atoms with E-state index in [4.69, 9.17) is 9.47 Å². The van der Waals surface area contributed by atoms with Crippen molar-refractivity contribution in [3.8, 4) is 16.3 Å². The first-order valence-electron chi connectivity index (χ1n) is 10.5. The minimum atomic E-state index is -0.275. The molecule has 8 heteroatoms. The van der Waals surface area contributed by atoms with Gasteiger partial charge in [-0.15, -0.1) is 11.3 Å². The molecule has 7 nitrogen and oxygen atoms in total. The first-order valence-corrected chi connectivity index (χ1v) is 11.3. The van der Waals surface area contributed by atoms with Gasteiger partial charge in [-0.3, -0.25) is 14.8 Å². The molecule has 1 aliphatic rings. The molecule has 1 unspecified atom stereocenters. The zero-order chi connectivity index (χ0) is 21.8. The topological polar surface area (TPSA) is 86.2 Å². The van der Waals surface area contributed by atoms with Crippen LogP contribution in [0.3, 0.4) is 0 Å². The van der Waals surface area contributed by atoms with E-state index in [1.54, 1.807) is 29.8 Å². The van der Waals surface area contributed by atoms with Crippen molar-refractivity contribution in [3.63, 3.8) is 0 Å². The highest BCUT2D eigenvalue weighted by atomic mass is 32.1. The molecule has 2 atom stereocenters. The molecule has 2 aromatic heterocycles. The molecule has 1 aliphatic heterocycles. The van der Waals surface area contributed by atoms with Crippen LogP contribution < -0.4 is 10.1 Å². The average Bonchev–Trinajstić information content (AvgIpc) is 3.46. The highest BCUT2D eigenvalue weighted by Gasteiger charge is 2.20. The Hall–Kier alpha value is -2.84. The molecule has 0 saturated carbocycles. The van der Waals surface area contributed by atoms with Crippen LogP contribution in [-0.4, -0.2) is 40.2 Å². The molecule has 31 heavy (non-hydrogen) atoms. The predicted molar refractivity (Wildman–Crippen MR) is 119 cm³/mol. The summed E-state index contributed by atoms with van der Waals surface area (Å²) in [5, 5.41) is 3.88. The van der Waals surface area contributed by atoms with Crippen LogP contribution in [0.5, 0.6) is 5.75 Å². The molecule has 0 spiro atoms. The van der Waals surface area contributed by atoms with Crippen LogP contribution in [0.1, 0.15) is 52.9 Å². The van der Waals surface area contributed by atoms with E-state index in [2.05, 4.69) is 27.2 Å². The number of aryl methyl sites for hydroxylation is 2. The van der Waals surface area contributed by atoms with Gasteiger partial charge in [0.25, 0.3) is 5.91 Å². The minimum absolute atomic E-state index is 0.00425. The van der Waals surface area contributed by atoms with Crippen molar-refractivity contribution in [2.45, 2.75) is 45.8 Å². The van der Waals surface area contributed by atoms with Gasteiger partial charge in [0.05, 0.1) is 36.8 Å². The van der Waals surface area contributed by atoms with Crippen LogP contribution in [-0.2, 0) is 11.2 Å². The highest BCUT2D eigenvalue weighted by Crippen LogP contribution is 2.31. The second kappa shape index (κ2) is 9.53. The summed E-state index contributed by atoms with van der Waals surface area (Å²) in [6.07, 6.45) is 7.03. The molecule has 0 aliphatic carbocycles. The van der Waals surface area contributed by atoms with E-state index in [1.807, 2.05) is 32.2 Å². The summed E-state index contributed by atoms with van der Waals surface area (Å²) < 4.78 is 11.5. The number of carbonyl (C=O) groups is 1. The van der Waals surface area contributed by atoms with Crippen LogP contribution in [0.15, 0.2) is 36.8 Å². The van der Waals surface area contributed by atoms with E-state index < -0.39 is 0 Å². The lowest BCUT2D eigenvalue weighted by atomic mass is 10.1. The smallest absolute Gasteiger partial charge is 0.251 e. The fourth-order valence-corrected chi connectivity index (χ4v) is 4.14. The first-order chi connectivity index (χ1) is 15.0. The summed E-state index contributed by atoms with van der Waals surface area (Å²) in [5.41, 5.74) is 2.94. The number of rotatable bonds is 7. The van der Waals surface area contributed by atoms with Gasteiger partial charge in [-0.2, -0.15) is 0 Å². The molecule has 3 aromatic rings. The zero-order valence-corrected chi connectivity index (χ0v) is 18.7. The molecule has 1 aromatic carbocycles. The van der Waals surface area contributed by atoms with Crippen molar-refractivity contribution >= 4 is 17.2 Å². The Morgan fingerprint density at radius 1 is 1.26 bits per heavy atom. The Morgan fingerprint density at radius 2 is 2.13 bits per heavy atom. The molecule has 1 N–H and O–H groups in total. The van der Waals surface area contributed by atoms with Crippen LogP contribution in [0.25, 0.3) is 10.6 Å². The molecular weight excluding hydrogens is 412 g/mol. The lowest BCUT2D eigenvalue weighted by Crippen LogP contribution is -2.27. The molecule has 0 radical (unpaired) electrons. The molecule has 162 valence electrons. The summed E-state index contributed by atoms with van der Waals surface area (Å²) >= 11 is 1.63. The average molecular weight is 439 g/mol. The fourth-order valence-electron chi connectivity index (χ4n) is 3.30. The minimum Gasteiger partial charge on any atom is -0.488 e. The largest absolute Gasteiger partial charge is 0.488 e. The maximum atomic E-state index is 13.1. The Morgan fingerprint density at radius 3 is 2.81 bits per heavy atom. The maximum absolute atomic E-state index is 13.1. The van der Waals surface area contributed by atoms with Gasteiger partial charge in [0, 0.05) is 34.8 Å². The molecule has 4 rings (SSSR count). The number of aromatic nitrogens is 3. The summed E-state index contributed by atoms with van der Waals surface area (Å²) in [6.45, 7) is 7.13. The third-order valence-corrected chi connectivity index (χ3v) is 6.29. The second-order valence-electron chi connectivity index (χ2n) is 7.61. The van der Waals surface area contributed by atoms with Crippen molar-refractivity contribution in [2.24, 2.45) is 0 Å². The van der Waals surface area contributed by atoms with Crippen molar-refractivity contribution in [3.05, 3.63) is 58.6 Å². The third-order valence-electron chi connectivity index (χ3n) is 5.10. The Bertz CT molecular complexity index is 1050. The van der Waals surface area contributed by atoms with E-state index in [0.717, 1.165) is 29.1 Å².